The number of Topliss-reactive ketones (excluding diaryl/α,β-unsaturated/α-hetero) is 1. The van der Waals surface area contributed by atoms with Gasteiger partial charge in [0.1, 0.15) is 18.7 Å². The highest BCUT2D eigenvalue weighted by molar-refractivity contribution is 5.99. The molecule has 0 radical (unpaired) electrons. The van der Waals surface area contributed by atoms with Gasteiger partial charge in [-0.2, -0.15) is 0 Å². The number of carbonyl (C=O) groups is 9. The first-order chi connectivity index (χ1) is 36.1. The smallest absolute Gasteiger partial charge is 0.410 e. The third-order valence-corrected chi connectivity index (χ3v) is 14.1. The Balaban J connectivity index is 1.56. The molecule has 1 fully saturated rings. The molecule has 20 nitrogen and oxygen atoms in total. The van der Waals surface area contributed by atoms with Crippen LogP contribution in [0.25, 0.3) is 0 Å². The van der Waals surface area contributed by atoms with Crippen LogP contribution in [0, 0.1) is 23.7 Å². The van der Waals surface area contributed by atoms with Crippen molar-refractivity contribution in [2.24, 2.45) is 23.7 Å². The Morgan fingerprint density at radius 1 is 0.724 bits per heavy atom. The van der Waals surface area contributed by atoms with Crippen LogP contribution in [0.4, 0.5) is 10.5 Å². The third-order valence-electron chi connectivity index (χ3n) is 14.1. The monoisotopic (exact) mass is 1060 g/mol. The molecule has 3 rings (SSSR count). The van der Waals surface area contributed by atoms with Gasteiger partial charge < -0.3 is 50.6 Å². The van der Waals surface area contributed by atoms with E-state index in [-0.39, 0.29) is 67.4 Å². The van der Waals surface area contributed by atoms with E-state index in [1.807, 2.05) is 34.6 Å². The molecular formula is C56H86N8O12. The molecule has 8 atom stereocenters. The quantitative estimate of drug-likeness (QED) is 0.0490. The highest BCUT2D eigenvalue weighted by Crippen LogP contribution is 2.29. The summed E-state index contributed by atoms with van der Waals surface area (Å²) in [6, 6.07) is 12.4. The number of carbonyl (C=O) groups excluding carboxylic acids is 9. The van der Waals surface area contributed by atoms with Crippen LogP contribution in [0.1, 0.15) is 123 Å². The normalized spacial score (nSPS) is 16.0. The zero-order valence-electron chi connectivity index (χ0n) is 46.9. The van der Waals surface area contributed by atoms with Crippen LogP contribution in [0.2, 0.25) is 0 Å². The van der Waals surface area contributed by atoms with Crippen molar-refractivity contribution in [3.05, 3.63) is 65.7 Å². The van der Waals surface area contributed by atoms with Crippen LogP contribution in [0.15, 0.2) is 54.6 Å². The van der Waals surface area contributed by atoms with Gasteiger partial charge in [0, 0.05) is 52.5 Å². The first-order valence-corrected chi connectivity index (χ1v) is 26.7. The number of unbranched alkanes of at least 4 members (excludes halogenated alkanes) is 2. The fourth-order valence-electron chi connectivity index (χ4n) is 9.54. The number of benzene rings is 2. The number of hydrogen-bond donors (Lipinski definition) is 5. The van der Waals surface area contributed by atoms with Crippen molar-refractivity contribution in [3.8, 4) is 0 Å². The molecule has 3 unspecified atom stereocenters. The molecule has 0 saturated carbocycles. The molecule has 0 spiro atoms. The molecule has 0 aromatic heterocycles. The van der Waals surface area contributed by atoms with Gasteiger partial charge in [-0.25, -0.2) is 4.79 Å². The number of nitrogens with zero attached hydrogens (tertiary/aromatic N) is 3. The molecule has 20 heteroatoms. The lowest BCUT2D eigenvalue weighted by Gasteiger charge is -2.39. The molecule has 1 aliphatic heterocycles. The lowest BCUT2D eigenvalue weighted by atomic mass is 9.90. The van der Waals surface area contributed by atoms with Crippen LogP contribution in [-0.2, 0) is 54.4 Å². The van der Waals surface area contributed by atoms with Gasteiger partial charge in [-0.15, -0.1) is 0 Å². The van der Waals surface area contributed by atoms with Crippen LogP contribution in [0.5, 0.6) is 0 Å². The first-order valence-electron chi connectivity index (χ1n) is 26.7. The Morgan fingerprint density at radius 3 is 1.96 bits per heavy atom. The van der Waals surface area contributed by atoms with Crippen molar-refractivity contribution in [2.75, 3.05) is 59.8 Å². The number of likely N-dealkylation sites (N-methyl/N-ethyl adjacent to an activating group) is 2. The Bertz CT molecular complexity index is 2230. The number of ketones is 1. The fraction of sp³-hybridized carbons (Fsp3) is 0.625. The van der Waals surface area contributed by atoms with Crippen molar-refractivity contribution in [1.82, 2.24) is 36.0 Å². The maximum atomic E-state index is 14.2. The predicted molar refractivity (Wildman–Crippen MR) is 288 cm³/mol. The summed E-state index contributed by atoms with van der Waals surface area (Å²) in [5.74, 6) is -4.36. The Hall–Kier alpha value is -6.41. The van der Waals surface area contributed by atoms with E-state index in [0.29, 0.717) is 49.0 Å². The molecule has 5 N–H and O–H groups in total. The number of nitrogens with one attached hydrogen (secondary N) is 5. The first kappa shape index (κ1) is 63.9. The lowest BCUT2D eigenvalue weighted by Crippen LogP contribution is -2.55. The van der Waals surface area contributed by atoms with Gasteiger partial charge in [0.25, 0.3) is 0 Å². The van der Waals surface area contributed by atoms with E-state index in [1.165, 1.54) is 31.1 Å². The molecule has 8 amide bonds. The van der Waals surface area contributed by atoms with E-state index in [4.69, 9.17) is 14.2 Å². The number of ether oxygens (including phenoxy) is 3. The lowest BCUT2D eigenvalue weighted by molar-refractivity contribution is -0.145. The van der Waals surface area contributed by atoms with Gasteiger partial charge in [-0.1, -0.05) is 117 Å². The van der Waals surface area contributed by atoms with Gasteiger partial charge in [-0.3, -0.25) is 43.3 Å². The van der Waals surface area contributed by atoms with Gasteiger partial charge in [-0.05, 0) is 54.7 Å². The molecule has 0 bridgehead atoms. The summed E-state index contributed by atoms with van der Waals surface area (Å²) in [7, 11) is 6.03. The predicted octanol–water partition coefficient (Wildman–Crippen LogP) is 5.09. The number of amides is 8. The van der Waals surface area contributed by atoms with Crippen molar-refractivity contribution in [2.45, 2.75) is 150 Å². The number of hydrogen-bond acceptors (Lipinski definition) is 12. The standard InChI is InChI=1S/C56H86N8O12/c1-13-15-17-24-45(66)61-49(35(3)4)54(71)58-32-46(67)60-41-27-25-39(26-28-41)34-76-56(73)63(10)50(36(5)6)55(72)59-33-48(69)62(9)51(37(7)14-2)44(74-11)30-47(68)64-29-20-23-42(64)52(75-12)38(8)53(70)57-31-43(65)40-21-18-16-19-22-40/h16,18-19,21-22,25-28,35-38,42,44,49-52H,13-15,17,20,23-24,29-34H2,1-12H3,(H,57,70)(H,58,71)(H,59,72)(H,60,67)(H,61,66)/t37-,38+,42-,44+,49?,50?,51?,52+/m0/s1. The number of rotatable bonds is 31. The zero-order valence-corrected chi connectivity index (χ0v) is 46.9. The second-order valence-corrected chi connectivity index (χ2v) is 20.4. The molecule has 422 valence electrons. The fourth-order valence-corrected chi connectivity index (χ4v) is 9.54. The topological polar surface area (TPSA) is 251 Å². The highest BCUT2D eigenvalue weighted by Gasteiger charge is 2.42. The van der Waals surface area contributed by atoms with E-state index in [2.05, 4.69) is 26.6 Å². The van der Waals surface area contributed by atoms with E-state index in [0.717, 1.165) is 19.3 Å². The summed E-state index contributed by atoms with van der Waals surface area (Å²) in [5, 5.41) is 13.5. The van der Waals surface area contributed by atoms with Crippen molar-refractivity contribution in [1.29, 1.82) is 0 Å². The minimum atomic E-state index is -1.01. The molecule has 1 heterocycles. The van der Waals surface area contributed by atoms with Crippen LogP contribution < -0.4 is 26.6 Å². The summed E-state index contributed by atoms with van der Waals surface area (Å²) < 4.78 is 17.4. The van der Waals surface area contributed by atoms with Crippen LogP contribution >= 0.6 is 0 Å². The molecule has 76 heavy (non-hydrogen) atoms. The highest BCUT2D eigenvalue weighted by atomic mass is 16.6. The van der Waals surface area contributed by atoms with E-state index >= 15 is 0 Å². The molecule has 1 aliphatic rings. The molecular weight excluding hydrogens is 977 g/mol. The molecule has 0 aliphatic carbocycles. The Kier molecular flexibility index (Phi) is 27.1. The summed E-state index contributed by atoms with van der Waals surface area (Å²) >= 11 is 0. The van der Waals surface area contributed by atoms with Gasteiger partial charge in [0.05, 0.1) is 56.3 Å². The SMILES string of the molecule is CCCCCC(=O)NC(C(=O)NCC(=O)Nc1ccc(COC(=O)N(C)C(C(=O)NCC(=O)N(C)C([C@@H](C)CC)[C@@H](CC(=O)N2CCC[C@H]2[C@H](OC)[C@@H](C)C(=O)NCC(=O)c2ccccc2)OC)C(C)C)cc1)C(C)C. The maximum Gasteiger partial charge on any atom is 0.410 e. The summed E-state index contributed by atoms with van der Waals surface area (Å²) in [5.41, 5.74) is 1.52. The minimum absolute atomic E-state index is 0.0687. The van der Waals surface area contributed by atoms with E-state index in [9.17, 15) is 43.2 Å². The summed E-state index contributed by atoms with van der Waals surface area (Å²) in [4.78, 5) is 123. The second kappa shape index (κ2) is 32.2. The summed E-state index contributed by atoms with van der Waals surface area (Å²) in [6.07, 6.45) is 2.65. The molecule has 2 aromatic carbocycles. The zero-order chi connectivity index (χ0) is 56.6. The van der Waals surface area contributed by atoms with Gasteiger partial charge >= 0.3 is 6.09 Å². The third kappa shape index (κ3) is 19.3. The average molecular weight is 1060 g/mol. The number of anilines is 1. The maximum absolute atomic E-state index is 14.2. The Morgan fingerprint density at radius 2 is 1.37 bits per heavy atom. The van der Waals surface area contributed by atoms with Crippen LogP contribution in [0.3, 0.4) is 0 Å². The van der Waals surface area contributed by atoms with Crippen molar-refractivity contribution in [3.63, 3.8) is 0 Å². The van der Waals surface area contributed by atoms with Crippen molar-refractivity contribution >= 4 is 58.9 Å². The minimum Gasteiger partial charge on any atom is -0.445 e. The van der Waals surface area contributed by atoms with Gasteiger partial charge in [0.2, 0.25) is 41.4 Å². The average Bonchev–Trinajstić information content (AvgIpc) is 3.89. The summed E-state index contributed by atoms with van der Waals surface area (Å²) in [6.45, 7) is 14.3. The Labute approximate surface area is 449 Å². The van der Waals surface area contributed by atoms with Crippen LogP contribution in [-0.4, -0.2) is 159 Å². The van der Waals surface area contributed by atoms with E-state index < -0.39 is 78.6 Å². The molecule has 2 aromatic rings. The van der Waals surface area contributed by atoms with E-state index in [1.54, 1.807) is 87.3 Å². The van der Waals surface area contributed by atoms with Gasteiger partial charge in [0.15, 0.2) is 5.78 Å². The number of methoxy groups -OCH3 is 2. The van der Waals surface area contributed by atoms with Crippen molar-refractivity contribution < 1.29 is 57.4 Å². The largest absolute Gasteiger partial charge is 0.445 e. The second-order valence-electron chi connectivity index (χ2n) is 20.4. The number of likely N-dealkylation sites (tertiary alicyclic amines) is 1. The molecule has 1 saturated heterocycles.